The van der Waals surface area contributed by atoms with Gasteiger partial charge in [0.1, 0.15) is 11.5 Å². The first-order chi connectivity index (χ1) is 16.0. The Hall–Kier alpha value is -2.67. The van der Waals surface area contributed by atoms with Crippen molar-refractivity contribution < 1.29 is 14.9 Å². The minimum Gasteiger partial charge on any atom is -0.457 e. The van der Waals surface area contributed by atoms with Crippen LogP contribution in [-0.2, 0) is 6.42 Å². The van der Waals surface area contributed by atoms with Crippen LogP contribution in [0.5, 0.6) is 11.5 Å². The van der Waals surface area contributed by atoms with Crippen LogP contribution in [0.4, 0.5) is 0 Å². The van der Waals surface area contributed by atoms with E-state index in [0.717, 1.165) is 22.0 Å². The van der Waals surface area contributed by atoms with Crippen molar-refractivity contribution >= 4 is 34.1 Å². The zero-order valence-electron chi connectivity index (χ0n) is 17.8. The summed E-state index contributed by atoms with van der Waals surface area (Å²) in [5.74, 6) is 1.40. The molecule has 0 saturated carbocycles. The van der Waals surface area contributed by atoms with Crippen LogP contribution in [0.15, 0.2) is 79.0 Å². The smallest absolute Gasteiger partial charge is 0.138 e. The summed E-state index contributed by atoms with van der Waals surface area (Å²) in [7, 11) is 0. The average molecular weight is 483 g/mol. The fraction of sp³-hybridized carbons (Fsp3) is 0.192. The topological polar surface area (TPSA) is 74.6 Å². The molecule has 0 aliphatic heterocycles. The van der Waals surface area contributed by atoms with E-state index in [1.165, 1.54) is 0 Å². The number of fused-ring (bicyclic) bond motifs is 1. The number of ether oxygens (including phenoxy) is 1. The van der Waals surface area contributed by atoms with Crippen molar-refractivity contribution in [3.05, 3.63) is 100 Å². The number of nitrogens with one attached hydrogen (secondary N) is 1. The number of hydrogen-bond donors (Lipinski definition) is 3. The predicted octanol–water partition coefficient (Wildman–Crippen LogP) is 5.56. The molecule has 3 aromatic carbocycles. The maximum atomic E-state index is 10.4. The van der Waals surface area contributed by atoms with E-state index >= 15 is 0 Å². The summed E-state index contributed by atoms with van der Waals surface area (Å²) < 4.78 is 6.06. The van der Waals surface area contributed by atoms with Gasteiger partial charge < -0.3 is 20.3 Å². The number of benzene rings is 3. The molecule has 0 bridgehead atoms. The first-order valence-corrected chi connectivity index (χ1v) is 11.4. The number of pyridine rings is 1. The molecule has 4 aromatic rings. The molecule has 0 aliphatic carbocycles. The molecule has 33 heavy (non-hydrogen) atoms. The first kappa shape index (κ1) is 23.5. The number of aromatic nitrogens is 1. The second-order valence-electron chi connectivity index (χ2n) is 7.78. The van der Waals surface area contributed by atoms with Crippen molar-refractivity contribution in [1.29, 1.82) is 0 Å². The summed E-state index contributed by atoms with van der Waals surface area (Å²) in [5.41, 5.74) is 2.55. The minimum absolute atomic E-state index is 0.0495. The molecule has 2 atom stereocenters. The van der Waals surface area contributed by atoms with Gasteiger partial charge in [0.2, 0.25) is 0 Å². The van der Waals surface area contributed by atoms with E-state index in [4.69, 9.17) is 27.9 Å². The molecule has 0 spiro atoms. The number of nitrogens with zero attached hydrogens (tertiary/aromatic N) is 1. The highest BCUT2D eigenvalue weighted by atomic mass is 35.5. The van der Waals surface area contributed by atoms with Gasteiger partial charge >= 0.3 is 0 Å². The number of rotatable bonds is 9. The normalized spacial score (nSPS) is 13.1. The molecule has 1 aromatic heterocycles. The average Bonchev–Trinajstić information content (AvgIpc) is 2.82. The first-order valence-electron chi connectivity index (χ1n) is 10.6. The third-order valence-corrected chi connectivity index (χ3v) is 5.82. The van der Waals surface area contributed by atoms with Crippen LogP contribution in [0, 0.1) is 0 Å². The van der Waals surface area contributed by atoms with E-state index in [1.807, 2.05) is 48.5 Å². The highest BCUT2D eigenvalue weighted by molar-refractivity contribution is 6.31. The summed E-state index contributed by atoms with van der Waals surface area (Å²) in [4.78, 5) is 4.33. The predicted molar refractivity (Wildman–Crippen MR) is 132 cm³/mol. The van der Waals surface area contributed by atoms with Crippen LogP contribution in [0.1, 0.15) is 17.2 Å². The molecule has 0 aliphatic rings. The standard InChI is InChI=1S/C26H24Cl2N2O3/c27-19-3-1-2-18(13-19)25(32)15-30-21(16-31)12-17-4-7-22(8-5-17)33-26-10-11-29-24-14-20(28)6-9-23(24)26/h1-11,13-14,21,25,30-32H,12,15-16H2/t21-,25+/m0/s1. The van der Waals surface area contributed by atoms with E-state index in [0.29, 0.717) is 34.5 Å². The maximum absolute atomic E-state index is 10.4. The summed E-state index contributed by atoms with van der Waals surface area (Å²) >= 11 is 12.1. The maximum Gasteiger partial charge on any atom is 0.138 e. The van der Waals surface area contributed by atoms with Crippen LogP contribution in [0.3, 0.4) is 0 Å². The summed E-state index contributed by atoms with van der Waals surface area (Å²) in [6, 6.07) is 22.0. The van der Waals surface area contributed by atoms with E-state index in [-0.39, 0.29) is 12.6 Å². The summed E-state index contributed by atoms with van der Waals surface area (Å²) in [6.07, 6.45) is 1.59. The largest absolute Gasteiger partial charge is 0.457 e. The van der Waals surface area contributed by atoms with Gasteiger partial charge in [0, 0.05) is 34.2 Å². The summed E-state index contributed by atoms with van der Waals surface area (Å²) in [5, 5.41) is 25.5. The van der Waals surface area contributed by atoms with Crippen LogP contribution in [0.2, 0.25) is 10.0 Å². The fourth-order valence-corrected chi connectivity index (χ4v) is 3.97. The number of halogens is 2. The lowest BCUT2D eigenvalue weighted by atomic mass is 10.1. The summed E-state index contributed by atoms with van der Waals surface area (Å²) in [6.45, 7) is 0.262. The van der Waals surface area contributed by atoms with Gasteiger partial charge in [0.15, 0.2) is 0 Å². The van der Waals surface area contributed by atoms with Crippen molar-refractivity contribution in [3.63, 3.8) is 0 Å². The van der Waals surface area contributed by atoms with Gasteiger partial charge in [-0.3, -0.25) is 4.98 Å². The zero-order chi connectivity index (χ0) is 23.2. The van der Waals surface area contributed by atoms with Crippen molar-refractivity contribution in [1.82, 2.24) is 10.3 Å². The fourth-order valence-electron chi connectivity index (χ4n) is 3.60. The molecule has 0 radical (unpaired) electrons. The molecule has 5 nitrogen and oxygen atoms in total. The molecule has 1 heterocycles. The molecule has 0 fully saturated rings. The molecule has 3 N–H and O–H groups in total. The lowest BCUT2D eigenvalue weighted by molar-refractivity contribution is 0.158. The Labute approximate surface area is 202 Å². The van der Waals surface area contributed by atoms with Crippen molar-refractivity contribution in [2.45, 2.75) is 18.6 Å². The van der Waals surface area contributed by atoms with Crippen LogP contribution < -0.4 is 10.1 Å². The number of hydrogen-bond acceptors (Lipinski definition) is 5. The number of aliphatic hydroxyl groups excluding tert-OH is 2. The molecule has 0 saturated heterocycles. The lowest BCUT2D eigenvalue weighted by Gasteiger charge is -2.19. The molecule has 4 rings (SSSR count). The van der Waals surface area contributed by atoms with Gasteiger partial charge in [-0.05, 0) is 66.1 Å². The van der Waals surface area contributed by atoms with Crippen LogP contribution >= 0.6 is 23.2 Å². The second-order valence-corrected chi connectivity index (χ2v) is 8.65. The van der Waals surface area contributed by atoms with E-state index < -0.39 is 6.10 Å². The zero-order valence-corrected chi connectivity index (χ0v) is 19.3. The monoisotopic (exact) mass is 482 g/mol. The van der Waals surface area contributed by atoms with E-state index in [2.05, 4.69) is 10.3 Å². The van der Waals surface area contributed by atoms with Crippen molar-refractivity contribution in [2.75, 3.05) is 13.2 Å². The van der Waals surface area contributed by atoms with Gasteiger partial charge in [-0.1, -0.05) is 47.5 Å². The quantitative estimate of drug-likeness (QED) is 0.291. The van der Waals surface area contributed by atoms with Crippen molar-refractivity contribution in [2.24, 2.45) is 0 Å². The van der Waals surface area contributed by atoms with Gasteiger partial charge in [0.25, 0.3) is 0 Å². The Bertz CT molecular complexity index is 1220. The highest BCUT2D eigenvalue weighted by Gasteiger charge is 2.13. The van der Waals surface area contributed by atoms with E-state index in [1.54, 1.807) is 30.5 Å². The van der Waals surface area contributed by atoms with E-state index in [9.17, 15) is 10.2 Å². The SMILES string of the molecule is OC[C@H](Cc1ccc(Oc2ccnc3cc(Cl)ccc23)cc1)NC[C@@H](O)c1cccc(Cl)c1. The Morgan fingerprint density at radius 1 is 0.939 bits per heavy atom. The molecule has 0 unspecified atom stereocenters. The number of aliphatic hydroxyl groups is 2. The molecule has 0 amide bonds. The Morgan fingerprint density at radius 2 is 1.73 bits per heavy atom. The molecule has 7 heteroatoms. The van der Waals surface area contributed by atoms with Crippen LogP contribution in [-0.4, -0.2) is 34.4 Å². The highest BCUT2D eigenvalue weighted by Crippen LogP contribution is 2.30. The minimum atomic E-state index is -0.710. The Kier molecular flexibility index (Phi) is 7.81. The van der Waals surface area contributed by atoms with Gasteiger partial charge in [-0.15, -0.1) is 0 Å². The lowest BCUT2D eigenvalue weighted by Crippen LogP contribution is -2.37. The van der Waals surface area contributed by atoms with Crippen LogP contribution in [0.25, 0.3) is 10.9 Å². The van der Waals surface area contributed by atoms with Crippen molar-refractivity contribution in [3.8, 4) is 11.5 Å². The van der Waals surface area contributed by atoms with Gasteiger partial charge in [0.05, 0.1) is 18.2 Å². The second kappa shape index (κ2) is 11.0. The van der Waals surface area contributed by atoms with Gasteiger partial charge in [-0.25, -0.2) is 0 Å². The molecular weight excluding hydrogens is 459 g/mol. The third kappa shape index (κ3) is 6.22. The molecule has 170 valence electrons. The molecular formula is C26H24Cl2N2O3. The Morgan fingerprint density at radius 3 is 2.48 bits per heavy atom. The third-order valence-electron chi connectivity index (χ3n) is 5.35. The van der Waals surface area contributed by atoms with Gasteiger partial charge in [-0.2, -0.15) is 0 Å². The Balaban J connectivity index is 1.36.